The highest BCUT2D eigenvalue weighted by Gasteiger charge is 2.09. The molecular weight excluding hydrogens is 369 g/mol. The van der Waals surface area contributed by atoms with Crippen LogP contribution in [-0.2, 0) is 0 Å². The first kappa shape index (κ1) is 13.1. The number of halogens is 3. The summed E-state index contributed by atoms with van der Waals surface area (Å²) in [5, 5.41) is 5.31. The van der Waals surface area contributed by atoms with E-state index in [1.807, 2.05) is 11.4 Å². The number of hydrogen-bond acceptors (Lipinski definition) is 2. The molecule has 0 bridgehead atoms. The average Bonchev–Trinajstić information content (AvgIpc) is 2.70. The average molecular weight is 379 g/mol. The van der Waals surface area contributed by atoms with E-state index in [-0.39, 0.29) is 11.9 Å². The topological polar surface area (TPSA) is 12.0 Å². The number of benzene rings is 1. The Kier molecular flexibility index (Phi) is 4.22. The summed E-state index contributed by atoms with van der Waals surface area (Å²) in [5.41, 5.74) is 0.780. The molecular formula is C12H10Br2FNS. The summed E-state index contributed by atoms with van der Waals surface area (Å²) in [7, 11) is 0. The number of hydrogen-bond donors (Lipinski definition) is 1. The molecule has 1 N–H and O–H groups in total. The summed E-state index contributed by atoms with van der Waals surface area (Å²) < 4.78 is 14.9. The maximum atomic E-state index is 13.3. The van der Waals surface area contributed by atoms with E-state index in [4.69, 9.17) is 0 Å². The van der Waals surface area contributed by atoms with Crippen LogP contribution in [0.25, 0.3) is 0 Å². The second-order valence-electron chi connectivity index (χ2n) is 3.66. The zero-order valence-electron chi connectivity index (χ0n) is 9.01. The lowest BCUT2D eigenvalue weighted by Gasteiger charge is -2.13. The predicted octanol–water partition coefficient (Wildman–Crippen LogP) is 5.59. The van der Waals surface area contributed by atoms with E-state index in [1.165, 1.54) is 10.9 Å². The Labute approximate surface area is 120 Å². The molecule has 1 aromatic heterocycles. The van der Waals surface area contributed by atoms with Crippen molar-refractivity contribution < 1.29 is 4.39 Å². The van der Waals surface area contributed by atoms with Gasteiger partial charge in [0, 0.05) is 20.4 Å². The predicted molar refractivity (Wildman–Crippen MR) is 78.2 cm³/mol. The quantitative estimate of drug-likeness (QED) is 0.734. The summed E-state index contributed by atoms with van der Waals surface area (Å²) in [6.07, 6.45) is 0. The smallest absolute Gasteiger partial charge is 0.139 e. The molecule has 1 aromatic carbocycles. The number of thiophene rings is 1. The van der Waals surface area contributed by atoms with Crippen molar-refractivity contribution in [1.29, 1.82) is 0 Å². The molecule has 5 heteroatoms. The zero-order chi connectivity index (χ0) is 12.4. The van der Waals surface area contributed by atoms with Gasteiger partial charge in [-0.1, -0.05) is 0 Å². The molecule has 2 rings (SSSR count). The van der Waals surface area contributed by atoms with Crippen LogP contribution in [0.3, 0.4) is 0 Å². The SMILES string of the molecule is CC(Nc1ccc(Br)c(F)c1)c1cc(Br)cs1. The molecule has 1 heterocycles. The van der Waals surface area contributed by atoms with Gasteiger partial charge in [0.05, 0.1) is 10.5 Å². The van der Waals surface area contributed by atoms with Crippen molar-refractivity contribution in [3.05, 3.63) is 49.3 Å². The molecule has 0 aliphatic rings. The monoisotopic (exact) mass is 377 g/mol. The van der Waals surface area contributed by atoms with Gasteiger partial charge in [-0.3, -0.25) is 0 Å². The van der Waals surface area contributed by atoms with Crippen molar-refractivity contribution in [2.75, 3.05) is 5.32 Å². The molecule has 0 aliphatic heterocycles. The van der Waals surface area contributed by atoms with Crippen molar-refractivity contribution in [3.63, 3.8) is 0 Å². The zero-order valence-corrected chi connectivity index (χ0v) is 13.0. The third-order valence-corrected chi connectivity index (χ3v) is 4.84. The highest BCUT2D eigenvalue weighted by atomic mass is 79.9. The Morgan fingerprint density at radius 1 is 1.29 bits per heavy atom. The Hall–Kier alpha value is -0.390. The molecule has 2 aromatic rings. The fourth-order valence-electron chi connectivity index (χ4n) is 1.46. The van der Waals surface area contributed by atoms with Crippen molar-refractivity contribution in [2.24, 2.45) is 0 Å². The van der Waals surface area contributed by atoms with Crippen LogP contribution in [-0.4, -0.2) is 0 Å². The number of nitrogens with one attached hydrogen (secondary N) is 1. The number of rotatable bonds is 3. The van der Waals surface area contributed by atoms with E-state index in [0.717, 1.165) is 10.2 Å². The minimum absolute atomic E-state index is 0.159. The minimum Gasteiger partial charge on any atom is -0.378 e. The van der Waals surface area contributed by atoms with E-state index < -0.39 is 0 Å². The summed E-state index contributed by atoms with van der Waals surface area (Å²) >= 11 is 8.23. The van der Waals surface area contributed by atoms with Gasteiger partial charge in [-0.05, 0) is 63.0 Å². The molecule has 1 unspecified atom stereocenters. The molecule has 0 saturated heterocycles. The highest BCUT2D eigenvalue weighted by molar-refractivity contribution is 9.10. The molecule has 0 fully saturated rings. The molecule has 0 spiro atoms. The van der Waals surface area contributed by atoms with Gasteiger partial charge in [-0.2, -0.15) is 0 Å². The Morgan fingerprint density at radius 2 is 2.06 bits per heavy atom. The normalized spacial score (nSPS) is 12.5. The second-order valence-corrected chi connectivity index (χ2v) is 6.38. The lowest BCUT2D eigenvalue weighted by Crippen LogP contribution is -2.04. The number of anilines is 1. The van der Waals surface area contributed by atoms with Gasteiger partial charge in [-0.25, -0.2) is 4.39 Å². The Balaban J connectivity index is 2.12. The van der Waals surface area contributed by atoms with Crippen LogP contribution < -0.4 is 5.32 Å². The maximum absolute atomic E-state index is 13.3. The highest BCUT2D eigenvalue weighted by Crippen LogP contribution is 2.28. The summed E-state index contributed by atoms with van der Waals surface area (Å²) in [6, 6.07) is 7.27. The molecule has 17 heavy (non-hydrogen) atoms. The summed E-state index contributed by atoms with van der Waals surface area (Å²) in [5.74, 6) is -0.255. The first-order valence-corrected chi connectivity index (χ1v) is 7.48. The van der Waals surface area contributed by atoms with Crippen LogP contribution >= 0.6 is 43.2 Å². The lowest BCUT2D eigenvalue weighted by atomic mass is 10.2. The van der Waals surface area contributed by atoms with Crippen LogP contribution in [0.5, 0.6) is 0 Å². The van der Waals surface area contributed by atoms with Crippen LogP contribution in [0.15, 0.2) is 38.6 Å². The Morgan fingerprint density at radius 3 is 2.65 bits per heavy atom. The first-order valence-electron chi connectivity index (χ1n) is 5.02. The molecule has 1 atom stereocenters. The third-order valence-electron chi connectivity index (χ3n) is 2.32. The van der Waals surface area contributed by atoms with E-state index in [1.54, 1.807) is 17.4 Å². The second kappa shape index (κ2) is 5.50. The van der Waals surface area contributed by atoms with Gasteiger partial charge in [0.15, 0.2) is 0 Å². The van der Waals surface area contributed by atoms with E-state index in [9.17, 15) is 4.39 Å². The van der Waals surface area contributed by atoms with Gasteiger partial charge in [0.2, 0.25) is 0 Å². The lowest BCUT2D eigenvalue weighted by molar-refractivity contribution is 0.621. The van der Waals surface area contributed by atoms with Crippen LogP contribution in [0.4, 0.5) is 10.1 Å². The first-order chi connectivity index (χ1) is 8.06. The van der Waals surface area contributed by atoms with Crippen molar-refractivity contribution in [3.8, 4) is 0 Å². The van der Waals surface area contributed by atoms with E-state index >= 15 is 0 Å². The minimum atomic E-state index is -0.255. The van der Waals surface area contributed by atoms with Crippen LogP contribution in [0.2, 0.25) is 0 Å². The molecule has 0 saturated carbocycles. The largest absolute Gasteiger partial charge is 0.378 e. The van der Waals surface area contributed by atoms with Gasteiger partial charge in [0.25, 0.3) is 0 Å². The molecule has 90 valence electrons. The molecule has 1 nitrogen and oxygen atoms in total. The van der Waals surface area contributed by atoms with Gasteiger partial charge < -0.3 is 5.32 Å². The fourth-order valence-corrected chi connectivity index (χ4v) is 3.16. The van der Waals surface area contributed by atoms with E-state index in [2.05, 4.69) is 50.2 Å². The third kappa shape index (κ3) is 3.30. The van der Waals surface area contributed by atoms with Crippen molar-refractivity contribution >= 4 is 48.9 Å². The van der Waals surface area contributed by atoms with Gasteiger partial charge >= 0.3 is 0 Å². The van der Waals surface area contributed by atoms with Crippen LogP contribution in [0, 0.1) is 5.82 Å². The van der Waals surface area contributed by atoms with Crippen LogP contribution in [0.1, 0.15) is 17.8 Å². The standard InChI is InChI=1S/C12H10Br2FNS/c1-7(12-4-8(13)6-17-12)16-9-2-3-10(14)11(15)5-9/h2-7,16H,1H3. The van der Waals surface area contributed by atoms with Crippen molar-refractivity contribution in [2.45, 2.75) is 13.0 Å². The summed E-state index contributed by atoms with van der Waals surface area (Å²) in [6.45, 7) is 2.05. The Bertz CT molecular complexity index is 527. The maximum Gasteiger partial charge on any atom is 0.139 e. The van der Waals surface area contributed by atoms with Gasteiger partial charge in [-0.15, -0.1) is 11.3 Å². The fraction of sp³-hybridized carbons (Fsp3) is 0.167. The molecule has 0 radical (unpaired) electrons. The van der Waals surface area contributed by atoms with E-state index in [0.29, 0.717) is 4.47 Å². The summed E-state index contributed by atoms with van der Waals surface area (Å²) in [4.78, 5) is 1.21. The molecule has 0 amide bonds. The van der Waals surface area contributed by atoms with Crippen molar-refractivity contribution in [1.82, 2.24) is 0 Å². The molecule has 0 aliphatic carbocycles. The van der Waals surface area contributed by atoms with Gasteiger partial charge in [0.1, 0.15) is 5.82 Å².